The lowest BCUT2D eigenvalue weighted by Crippen LogP contribution is -2.01. The molecular weight excluding hydrogens is 290 g/mol. The SMILES string of the molecule is O=C(O)c1ccc(COc2ccc(F)cc2F)c(Cl)c1. The van der Waals surface area contributed by atoms with Gasteiger partial charge in [-0.05, 0) is 24.3 Å². The molecule has 2 aromatic carbocycles. The van der Waals surface area contributed by atoms with Crippen LogP contribution in [0.2, 0.25) is 5.02 Å². The first-order chi connectivity index (χ1) is 9.47. The summed E-state index contributed by atoms with van der Waals surface area (Å²) in [4.78, 5) is 10.7. The predicted octanol–water partition coefficient (Wildman–Crippen LogP) is 3.90. The molecule has 0 aliphatic carbocycles. The molecule has 2 rings (SSSR count). The zero-order valence-electron chi connectivity index (χ0n) is 10.1. The van der Waals surface area contributed by atoms with Gasteiger partial charge >= 0.3 is 5.97 Å². The smallest absolute Gasteiger partial charge is 0.335 e. The minimum Gasteiger partial charge on any atom is -0.486 e. The van der Waals surface area contributed by atoms with E-state index in [0.29, 0.717) is 11.6 Å². The summed E-state index contributed by atoms with van der Waals surface area (Å²) < 4.78 is 31.3. The summed E-state index contributed by atoms with van der Waals surface area (Å²) in [5.74, 6) is -2.71. The maximum absolute atomic E-state index is 13.3. The lowest BCUT2D eigenvalue weighted by atomic mass is 10.1. The molecule has 6 heteroatoms. The van der Waals surface area contributed by atoms with Crippen LogP contribution in [0, 0.1) is 11.6 Å². The third-order valence-electron chi connectivity index (χ3n) is 2.58. The number of benzene rings is 2. The highest BCUT2D eigenvalue weighted by Gasteiger charge is 2.09. The largest absolute Gasteiger partial charge is 0.486 e. The van der Waals surface area contributed by atoms with Gasteiger partial charge in [0.05, 0.1) is 5.56 Å². The Balaban J connectivity index is 2.13. The van der Waals surface area contributed by atoms with Crippen molar-refractivity contribution in [2.24, 2.45) is 0 Å². The molecule has 2 aromatic rings. The van der Waals surface area contributed by atoms with E-state index >= 15 is 0 Å². The zero-order chi connectivity index (χ0) is 14.7. The minimum absolute atomic E-state index is 0.0479. The van der Waals surface area contributed by atoms with E-state index in [2.05, 4.69) is 0 Å². The zero-order valence-corrected chi connectivity index (χ0v) is 10.8. The maximum Gasteiger partial charge on any atom is 0.335 e. The molecule has 0 fully saturated rings. The van der Waals surface area contributed by atoms with Crippen LogP contribution in [0.3, 0.4) is 0 Å². The fourth-order valence-corrected chi connectivity index (χ4v) is 1.78. The standard InChI is InChI=1S/C14H9ClF2O3/c15-11-5-8(14(18)19)1-2-9(11)7-20-13-4-3-10(16)6-12(13)17/h1-6H,7H2,(H,18,19). The molecule has 3 nitrogen and oxygen atoms in total. The van der Waals surface area contributed by atoms with Crippen LogP contribution in [0.15, 0.2) is 36.4 Å². The summed E-state index contributed by atoms with van der Waals surface area (Å²) in [7, 11) is 0. The summed E-state index contributed by atoms with van der Waals surface area (Å²) in [5, 5.41) is 9.00. The molecule has 0 saturated heterocycles. The third kappa shape index (κ3) is 3.24. The Bertz CT molecular complexity index is 659. The number of hydrogen-bond acceptors (Lipinski definition) is 2. The summed E-state index contributed by atoms with van der Waals surface area (Å²) in [5.41, 5.74) is 0.548. The van der Waals surface area contributed by atoms with Crippen molar-refractivity contribution in [1.82, 2.24) is 0 Å². The normalized spacial score (nSPS) is 10.3. The summed E-state index contributed by atoms with van der Waals surface area (Å²) in [6, 6.07) is 7.09. The van der Waals surface area contributed by atoms with Gasteiger partial charge in [-0.3, -0.25) is 0 Å². The van der Waals surface area contributed by atoms with Gasteiger partial charge in [0.15, 0.2) is 11.6 Å². The van der Waals surface area contributed by atoms with Crippen molar-refractivity contribution < 1.29 is 23.4 Å². The van der Waals surface area contributed by atoms with E-state index in [9.17, 15) is 13.6 Å². The molecule has 20 heavy (non-hydrogen) atoms. The predicted molar refractivity (Wildman–Crippen MR) is 69.1 cm³/mol. The molecule has 0 unspecified atom stereocenters. The quantitative estimate of drug-likeness (QED) is 0.931. The molecule has 0 amide bonds. The van der Waals surface area contributed by atoms with Gasteiger partial charge in [0.25, 0.3) is 0 Å². The molecule has 0 bridgehead atoms. The van der Waals surface area contributed by atoms with Crippen molar-refractivity contribution in [1.29, 1.82) is 0 Å². The van der Waals surface area contributed by atoms with Crippen molar-refractivity contribution in [3.63, 3.8) is 0 Å². The highest BCUT2D eigenvalue weighted by atomic mass is 35.5. The van der Waals surface area contributed by atoms with Crippen LogP contribution < -0.4 is 4.74 Å². The van der Waals surface area contributed by atoms with E-state index in [1.54, 1.807) is 0 Å². The number of halogens is 3. The number of rotatable bonds is 4. The van der Waals surface area contributed by atoms with Crippen LogP contribution in [-0.4, -0.2) is 11.1 Å². The fourth-order valence-electron chi connectivity index (χ4n) is 1.55. The van der Waals surface area contributed by atoms with Gasteiger partial charge in [-0.15, -0.1) is 0 Å². The summed E-state index contributed by atoms with van der Waals surface area (Å²) in [6.45, 7) is -0.0543. The second-order valence-electron chi connectivity index (χ2n) is 3.97. The fraction of sp³-hybridized carbons (Fsp3) is 0.0714. The van der Waals surface area contributed by atoms with Crippen molar-refractivity contribution in [3.8, 4) is 5.75 Å². The van der Waals surface area contributed by atoms with Gasteiger partial charge in [0.2, 0.25) is 0 Å². The third-order valence-corrected chi connectivity index (χ3v) is 2.93. The Kier molecular flexibility index (Phi) is 4.20. The van der Waals surface area contributed by atoms with Gasteiger partial charge in [0.1, 0.15) is 12.4 Å². The van der Waals surface area contributed by atoms with E-state index in [1.165, 1.54) is 24.3 Å². The van der Waals surface area contributed by atoms with E-state index in [-0.39, 0.29) is 22.9 Å². The molecular formula is C14H9ClF2O3. The molecule has 104 valence electrons. The number of carboxylic acids is 1. The second-order valence-corrected chi connectivity index (χ2v) is 4.38. The first-order valence-electron chi connectivity index (χ1n) is 5.57. The van der Waals surface area contributed by atoms with Crippen LogP contribution in [0.25, 0.3) is 0 Å². The van der Waals surface area contributed by atoms with E-state index in [4.69, 9.17) is 21.4 Å². The summed E-state index contributed by atoms with van der Waals surface area (Å²) >= 11 is 5.91. The van der Waals surface area contributed by atoms with Crippen molar-refractivity contribution in [2.75, 3.05) is 0 Å². The van der Waals surface area contributed by atoms with Crippen molar-refractivity contribution in [3.05, 3.63) is 64.2 Å². The number of carbonyl (C=O) groups is 1. The average Bonchev–Trinajstić information content (AvgIpc) is 2.38. The minimum atomic E-state index is -1.09. The highest BCUT2D eigenvalue weighted by Crippen LogP contribution is 2.22. The van der Waals surface area contributed by atoms with Crippen LogP contribution in [0.4, 0.5) is 8.78 Å². The van der Waals surface area contributed by atoms with Gasteiger partial charge in [-0.2, -0.15) is 0 Å². The van der Waals surface area contributed by atoms with Gasteiger partial charge in [0, 0.05) is 16.7 Å². The topological polar surface area (TPSA) is 46.5 Å². The van der Waals surface area contributed by atoms with Crippen molar-refractivity contribution in [2.45, 2.75) is 6.61 Å². The monoisotopic (exact) mass is 298 g/mol. The van der Waals surface area contributed by atoms with Gasteiger partial charge in [-0.25, -0.2) is 13.6 Å². The maximum atomic E-state index is 13.3. The van der Waals surface area contributed by atoms with Crippen LogP contribution >= 0.6 is 11.6 Å². The Morgan fingerprint density at radius 3 is 2.55 bits per heavy atom. The number of hydrogen-bond donors (Lipinski definition) is 1. The van der Waals surface area contributed by atoms with Crippen molar-refractivity contribution >= 4 is 17.6 Å². The number of carboxylic acid groups (broad SMARTS) is 1. The Morgan fingerprint density at radius 1 is 1.20 bits per heavy atom. The van der Waals surface area contributed by atoms with Gasteiger partial charge < -0.3 is 9.84 Å². The lowest BCUT2D eigenvalue weighted by molar-refractivity contribution is 0.0697. The summed E-state index contributed by atoms with van der Waals surface area (Å²) in [6.07, 6.45) is 0. The molecule has 0 radical (unpaired) electrons. The van der Waals surface area contributed by atoms with Crippen LogP contribution in [-0.2, 0) is 6.61 Å². The van der Waals surface area contributed by atoms with E-state index in [0.717, 1.165) is 6.07 Å². The molecule has 0 saturated carbocycles. The van der Waals surface area contributed by atoms with E-state index in [1.807, 2.05) is 0 Å². The lowest BCUT2D eigenvalue weighted by Gasteiger charge is -2.09. The molecule has 0 aliphatic heterocycles. The first-order valence-corrected chi connectivity index (χ1v) is 5.95. The van der Waals surface area contributed by atoms with E-state index < -0.39 is 17.6 Å². The van der Waals surface area contributed by atoms with Crippen LogP contribution in [0.5, 0.6) is 5.75 Å². The average molecular weight is 299 g/mol. The Hall–Kier alpha value is -2.14. The first kappa shape index (κ1) is 14.3. The second kappa shape index (κ2) is 5.88. The number of ether oxygens (including phenoxy) is 1. The molecule has 0 spiro atoms. The number of aromatic carboxylic acids is 1. The molecule has 0 heterocycles. The van der Waals surface area contributed by atoms with Crippen LogP contribution in [0.1, 0.15) is 15.9 Å². The Labute approximate surface area is 118 Å². The molecule has 0 aromatic heterocycles. The van der Waals surface area contributed by atoms with Gasteiger partial charge in [-0.1, -0.05) is 17.7 Å². The molecule has 1 N–H and O–H groups in total. The molecule has 0 atom stereocenters. The highest BCUT2D eigenvalue weighted by molar-refractivity contribution is 6.31. The Morgan fingerprint density at radius 2 is 1.95 bits per heavy atom. The molecule has 0 aliphatic rings.